The van der Waals surface area contributed by atoms with Crippen molar-refractivity contribution in [3.8, 4) is 16.3 Å². The molecule has 0 atom stereocenters. The van der Waals surface area contributed by atoms with Gasteiger partial charge < -0.3 is 14.2 Å². The highest BCUT2D eigenvalue weighted by molar-refractivity contribution is 7.15. The highest BCUT2D eigenvalue weighted by atomic mass is 32.1. The van der Waals surface area contributed by atoms with Crippen LogP contribution in [-0.2, 0) is 32.7 Å². The van der Waals surface area contributed by atoms with Crippen molar-refractivity contribution < 1.29 is 32.2 Å². The number of aromatic nitrogens is 1. The number of rotatable bonds is 9. The Morgan fingerprint density at radius 1 is 1.03 bits per heavy atom. The maximum atomic E-state index is 12.9. The van der Waals surface area contributed by atoms with Gasteiger partial charge in [0.15, 0.2) is 5.60 Å². The first-order valence-corrected chi connectivity index (χ1v) is 12.3. The quantitative estimate of drug-likeness (QED) is 0.276. The number of carbonyl (C=O) groups is 1. The van der Waals surface area contributed by atoms with E-state index in [1.807, 2.05) is 45.0 Å². The number of hydrogen-bond acceptors (Lipinski definition) is 6. The summed E-state index contributed by atoms with van der Waals surface area (Å²) in [5.41, 5.74) is -0.349. The number of ether oxygens (including phenoxy) is 3. The lowest BCUT2D eigenvalue weighted by Gasteiger charge is -2.26. The largest absolute Gasteiger partial charge is 0.482 e. The van der Waals surface area contributed by atoms with E-state index in [1.54, 1.807) is 20.8 Å². The zero-order chi connectivity index (χ0) is 26.7. The molecule has 0 N–H and O–H groups in total. The van der Waals surface area contributed by atoms with E-state index in [2.05, 4.69) is 4.98 Å². The molecule has 5 nitrogen and oxygen atoms in total. The zero-order valence-corrected chi connectivity index (χ0v) is 22.0. The van der Waals surface area contributed by atoms with Gasteiger partial charge in [0.1, 0.15) is 16.4 Å². The van der Waals surface area contributed by atoms with E-state index in [9.17, 15) is 18.0 Å². The van der Waals surface area contributed by atoms with Crippen LogP contribution >= 0.6 is 11.3 Å². The molecule has 0 bridgehead atoms. The van der Waals surface area contributed by atoms with Crippen LogP contribution in [0, 0.1) is 6.92 Å². The minimum Gasteiger partial charge on any atom is -0.482 e. The number of alkyl halides is 3. The van der Waals surface area contributed by atoms with Gasteiger partial charge in [-0.2, -0.15) is 13.2 Å². The van der Waals surface area contributed by atoms with Crippen molar-refractivity contribution in [2.45, 2.75) is 65.5 Å². The van der Waals surface area contributed by atoms with Gasteiger partial charge in [0, 0.05) is 5.56 Å². The molecule has 9 heteroatoms. The molecule has 3 rings (SSSR count). The normalized spacial score (nSPS) is 12.5. The summed E-state index contributed by atoms with van der Waals surface area (Å²) in [6.07, 6.45) is -4.38. The van der Waals surface area contributed by atoms with Crippen molar-refractivity contribution in [3.63, 3.8) is 0 Å². The van der Waals surface area contributed by atoms with E-state index in [1.165, 1.54) is 23.5 Å². The summed E-state index contributed by atoms with van der Waals surface area (Å²) in [5.74, 6) is 0.182. The number of nitrogens with zero attached hydrogens (tertiary/aromatic N) is 1. The predicted octanol–water partition coefficient (Wildman–Crippen LogP) is 7.31. The second kappa shape index (κ2) is 10.6. The Kier molecular flexibility index (Phi) is 8.15. The lowest BCUT2D eigenvalue weighted by Crippen LogP contribution is -2.36. The van der Waals surface area contributed by atoms with Crippen molar-refractivity contribution in [1.29, 1.82) is 0 Å². The molecule has 0 amide bonds. The Hall–Kier alpha value is -2.91. The van der Waals surface area contributed by atoms with Gasteiger partial charge in [0.25, 0.3) is 0 Å². The smallest absolute Gasteiger partial charge is 0.416 e. The molecule has 0 fully saturated rings. The van der Waals surface area contributed by atoms with Gasteiger partial charge in [-0.3, -0.25) is 0 Å². The van der Waals surface area contributed by atoms with Crippen molar-refractivity contribution >= 4 is 17.3 Å². The lowest BCUT2D eigenvalue weighted by atomic mass is 10.1. The number of carbonyl (C=O) groups excluding carboxylic acids is 1. The highest BCUT2D eigenvalue weighted by Gasteiger charge is 2.32. The standard InChI is InChI=1S/C27H30F3NO4S/c1-7-33-24(32)26(5,6)34-16-18-9-8-10-21(15-18)35-25(3,4)22-17(2)31-23(36-22)19-11-13-20(14-12-19)27(28,29)30/h8-15H,7,16H2,1-6H3. The molecule has 194 valence electrons. The maximum absolute atomic E-state index is 12.9. The zero-order valence-electron chi connectivity index (χ0n) is 21.2. The fraction of sp³-hybridized carbons (Fsp3) is 0.407. The molecule has 0 unspecified atom stereocenters. The molecule has 3 aromatic rings. The van der Waals surface area contributed by atoms with Crippen molar-refractivity contribution in [2.75, 3.05) is 6.61 Å². The van der Waals surface area contributed by atoms with E-state index in [0.717, 1.165) is 28.3 Å². The molecule has 0 saturated heterocycles. The Morgan fingerprint density at radius 3 is 2.31 bits per heavy atom. The van der Waals surface area contributed by atoms with Gasteiger partial charge in [-0.1, -0.05) is 24.3 Å². The van der Waals surface area contributed by atoms with Crippen molar-refractivity contribution in [3.05, 3.63) is 70.2 Å². The molecule has 0 aliphatic rings. The van der Waals surface area contributed by atoms with Crippen molar-refractivity contribution in [2.24, 2.45) is 0 Å². The van der Waals surface area contributed by atoms with E-state index in [0.29, 0.717) is 16.3 Å². The van der Waals surface area contributed by atoms with E-state index in [4.69, 9.17) is 14.2 Å². The van der Waals surface area contributed by atoms with Gasteiger partial charge >= 0.3 is 12.1 Å². The topological polar surface area (TPSA) is 57.7 Å². The molecule has 0 spiro atoms. The van der Waals surface area contributed by atoms with E-state index in [-0.39, 0.29) is 13.2 Å². The van der Waals surface area contributed by atoms with Crippen LogP contribution in [-0.4, -0.2) is 23.2 Å². The third-order valence-electron chi connectivity index (χ3n) is 5.44. The summed E-state index contributed by atoms with van der Waals surface area (Å²) in [5, 5.41) is 0.622. The number of esters is 1. The minimum atomic E-state index is -4.38. The summed E-state index contributed by atoms with van der Waals surface area (Å²) in [6, 6.07) is 12.4. The van der Waals surface area contributed by atoms with Crippen LogP contribution in [0.4, 0.5) is 13.2 Å². The molecular formula is C27H30F3NO4S. The average Bonchev–Trinajstić information content (AvgIpc) is 3.20. The van der Waals surface area contributed by atoms with Gasteiger partial charge in [-0.05, 0) is 71.4 Å². The Labute approximate surface area is 213 Å². The van der Waals surface area contributed by atoms with E-state index < -0.39 is 28.9 Å². The molecule has 1 aromatic heterocycles. The van der Waals surface area contributed by atoms with Crippen LogP contribution in [0.15, 0.2) is 48.5 Å². The molecule has 2 aromatic carbocycles. The van der Waals surface area contributed by atoms with Crippen molar-refractivity contribution in [1.82, 2.24) is 4.98 Å². The minimum absolute atomic E-state index is 0.196. The molecule has 0 aliphatic heterocycles. The van der Waals surface area contributed by atoms with Crippen LogP contribution in [0.1, 0.15) is 56.3 Å². The SMILES string of the molecule is CCOC(=O)C(C)(C)OCc1cccc(OC(C)(C)c2sc(-c3ccc(C(F)(F)F)cc3)nc2C)c1. The summed E-state index contributed by atoms with van der Waals surface area (Å²) < 4.78 is 55.9. The van der Waals surface area contributed by atoms with Crippen LogP contribution in [0.3, 0.4) is 0 Å². The highest BCUT2D eigenvalue weighted by Crippen LogP contribution is 2.38. The Balaban J connectivity index is 1.75. The second-order valence-electron chi connectivity index (χ2n) is 9.29. The summed E-state index contributed by atoms with van der Waals surface area (Å²) in [7, 11) is 0. The average molecular weight is 522 g/mol. The van der Waals surface area contributed by atoms with Gasteiger partial charge in [0.2, 0.25) is 0 Å². The molecule has 0 radical (unpaired) electrons. The molecule has 0 saturated carbocycles. The second-order valence-corrected chi connectivity index (χ2v) is 10.3. The predicted molar refractivity (Wildman–Crippen MR) is 133 cm³/mol. The first-order valence-electron chi connectivity index (χ1n) is 11.5. The first-order chi connectivity index (χ1) is 16.7. The fourth-order valence-electron chi connectivity index (χ4n) is 3.55. The van der Waals surface area contributed by atoms with Crippen LogP contribution in [0.25, 0.3) is 10.6 Å². The van der Waals surface area contributed by atoms with Gasteiger partial charge in [-0.15, -0.1) is 11.3 Å². The Bertz CT molecular complexity index is 1200. The van der Waals surface area contributed by atoms with Crippen LogP contribution in [0.2, 0.25) is 0 Å². The lowest BCUT2D eigenvalue weighted by molar-refractivity contribution is -0.169. The number of benzene rings is 2. The van der Waals surface area contributed by atoms with Gasteiger partial charge in [0.05, 0.1) is 29.3 Å². The molecule has 1 heterocycles. The van der Waals surface area contributed by atoms with Gasteiger partial charge in [-0.25, -0.2) is 9.78 Å². The summed E-state index contributed by atoms with van der Waals surface area (Å²) in [4.78, 5) is 17.5. The third-order valence-corrected chi connectivity index (χ3v) is 6.95. The number of aryl methyl sites for hydroxylation is 1. The summed E-state index contributed by atoms with van der Waals surface area (Å²) >= 11 is 1.38. The number of thiazole rings is 1. The summed E-state index contributed by atoms with van der Waals surface area (Å²) in [6.45, 7) is 11.2. The molecule has 36 heavy (non-hydrogen) atoms. The van der Waals surface area contributed by atoms with E-state index >= 15 is 0 Å². The number of hydrogen-bond donors (Lipinski definition) is 0. The molecule has 0 aliphatic carbocycles. The van der Waals surface area contributed by atoms with Crippen LogP contribution in [0.5, 0.6) is 5.75 Å². The Morgan fingerprint density at radius 2 is 1.69 bits per heavy atom. The third kappa shape index (κ3) is 6.64. The number of halogens is 3. The molecular weight excluding hydrogens is 491 g/mol. The monoisotopic (exact) mass is 521 g/mol. The first kappa shape index (κ1) is 27.7. The fourth-order valence-corrected chi connectivity index (χ4v) is 4.66. The maximum Gasteiger partial charge on any atom is 0.416 e. The van der Waals surface area contributed by atoms with Crippen LogP contribution < -0.4 is 4.74 Å².